The van der Waals surface area contributed by atoms with Crippen molar-refractivity contribution in [2.45, 2.75) is 19.5 Å². The van der Waals surface area contributed by atoms with Gasteiger partial charge in [0, 0.05) is 32.4 Å². The van der Waals surface area contributed by atoms with Crippen LogP contribution in [-0.2, 0) is 0 Å². The highest BCUT2D eigenvalue weighted by molar-refractivity contribution is 5.99. The second-order valence-electron chi connectivity index (χ2n) is 6.59. The van der Waals surface area contributed by atoms with Crippen LogP contribution in [0, 0.1) is 0 Å². The van der Waals surface area contributed by atoms with Crippen molar-refractivity contribution in [3.8, 4) is 5.75 Å². The molecule has 0 spiro atoms. The number of hydrogen-bond acceptors (Lipinski definition) is 5. The highest BCUT2D eigenvalue weighted by atomic mass is 16.5. The number of amidine groups is 1. The highest BCUT2D eigenvalue weighted by Crippen LogP contribution is 2.27. The fraction of sp³-hybridized carbons (Fsp3) is 0.400. The van der Waals surface area contributed by atoms with E-state index < -0.39 is 0 Å². The quantitative estimate of drug-likeness (QED) is 0.918. The summed E-state index contributed by atoms with van der Waals surface area (Å²) in [4.78, 5) is 14.2. The molecule has 1 N–H and O–H groups in total. The van der Waals surface area contributed by atoms with Crippen molar-refractivity contribution in [2.75, 3.05) is 43.0 Å². The first-order chi connectivity index (χ1) is 12.8. The van der Waals surface area contributed by atoms with E-state index in [4.69, 9.17) is 9.73 Å². The molecule has 136 valence electrons. The van der Waals surface area contributed by atoms with Gasteiger partial charge in [0.05, 0.1) is 5.69 Å². The highest BCUT2D eigenvalue weighted by Gasteiger charge is 2.24. The minimum atomic E-state index is 0.178. The minimum absolute atomic E-state index is 0.178. The molecular formula is C20H25N5O. The van der Waals surface area contributed by atoms with E-state index in [1.165, 1.54) is 0 Å². The number of para-hydroxylation sites is 2. The molecular weight excluding hydrogens is 326 g/mol. The van der Waals surface area contributed by atoms with Gasteiger partial charge in [-0.1, -0.05) is 25.1 Å². The number of nitrogens with one attached hydrogen (secondary N) is 1. The summed E-state index contributed by atoms with van der Waals surface area (Å²) in [5.74, 6) is 2.86. The Balaban J connectivity index is 1.39. The smallest absolute Gasteiger partial charge is 0.146 e. The van der Waals surface area contributed by atoms with E-state index in [9.17, 15) is 0 Å². The number of pyridine rings is 1. The number of ether oxygens (including phenoxy) is 1. The average Bonchev–Trinajstić information content (AvgIpc) is 2.73. The predicted molar refractivity (Wildman–Crippen MR) is 105 cm³/mol. The summed E-state index contributed by atoms with van der Waals surface area (Å²) in [6.45, 7) is 6.63. The van der Waals surface area contributed by atoms with Gasteiger partial charge in [0.15, 0.2) is 0 Å². The van der Waals surface area contributed by atoms with Crippen LogP contribution in [0.1, 0.15) is 13.3 Å². The van der Waals surface area contributed by atoms with E-state index in [1.54, 1.807) is 0 Å². The maximum Gasteiger partial charge on any atom is 0.146 e. The molecule has 6 nitrogen and oxygen atoms in total. The summed E-state index contributed by atoms with van der Waals surface area (Å²) in [5.41, 5.74) is 0.993. The molecule has 1 aromatic carbocycles. The minimum Gasteiger partial charge on any atom is -0.484 e. The summed E-state index contributed by atoms with van der Waals surface area (Å²) in [7, 11) is 0. The van der Waals surface area contributed by atoms with Gasteiger partial charge in [-0.15, -0.1) is 0 Å². The van der Waals surface area contributed by atoms with E-state index >= 15 is 0 Å². The number of aromatic nitrogens is 1. The summed E-state index contributed by atoms with van der Waals surface area (Å²) >= 11 is 0. The number of fused-ring (bicyclic) bond motifs is 1. The van der Waals surface area contributed by atoms with Crippen molar-refractivity contribution in [1.82, 2.24) is 9.88 Å². The monoisotopic (exact) mass is 351 g/mol. The molecule has 3 heterocycles. The molecule has 0 amide bonds. The van der Waals surface area contributed by atoms with Crippen LogP contribution in [0.3, 0.4) is 0 Å². The Kier molecular flexibility index (Phi) is 5.02. The summed E-state index contributed by atoms with van der Waals surface area (Å²) in [5, 5.41) is 3.41. The Hall–Kier alpha value is -2.60. The van der Waals surface area contributed by atoms with Crippen molar-refractivity contribution in [1.29, 1.82) is 0 Å². The third-order valence-corrected chi connectivity index (χ3v) is 4.91. The molecule has 6 heteroatoms. The molecule has 0 aliphatic carbocycles. The SMILES string of the molecule is CCC(/N=C1/COc2ccccc2N1)N1CCN(c2ccccn2)CC1. The Labute approximate surface area is 154 Å². The third kappa shape index (κ3) is 3.65. The number of piperazine rings is 1. The number of nitrogens with zero attached hydrogens (tertiary/aromatic N) is 4. The first-order valence-corrected chi connectivity index (χ1v) is 9.29. The fourth-order valence-corrected chi connectivity index (χ4v) is 3.50. The van der Waals surface area contributed by atoms with Crippen LogP contribution in [0.5, 0.6) is 5.75 Å². The predicted octanol–water partition coefficient (Wildman–Crippen LogP) is 2.84. The Morgan fingerprint density at radius 1 is 1.12 bits per heavy atom. The second kappa shape index (κ2) is 7.74. The van der Waals surface area contributed by atoms with Crippen molar-refractivity contribution in [3.05, 3.63) is 48.7 Å². The zero-order valence-corrected chi connectivity index (χ0v) is 15.1. The molecule has 0 saturated carbocycles. The zero-order valence-electron chi connectivity index (χ0n) is 15.1. The lowest BCUT2D eigenvalue weighted by atomic mass is 10.2. The number of hydrogen-bond donors (Lipinski definition) is 1. The molecule has 1 saturated heterocycles. The molecule has 0 radical (unpaired) electrons. The van der Waals surface area contributed by atoms with Crippen LogP contribution in [0.2, 0.25) is 0 Å². The topological polar surface area (TPSA) is 53.0 Å². The standard InChI is InChI=1S/C20H25N5O/c1-2-19(23-18-15-26-17-8-4-3-7-16(17)22-18)24-11-13-25(14-12-24)20-9-5-6-10-21-20/h3-10,19H,2,11-15H2,1H3,(H,22,23). The van der Waals surface area contributed by atoms with Crippen molar-refractivity contribution >= 4 is 17.3 Å². The van der Waals surface area contributed by atoms with Crippen LogP contribution in [0.4, 0.5) is 11.5 Å². The van der Waals surface area contributed by atoms with Gasteiger partial charge in [-0.05, 0) is 30.7 Å². The summed E-state index contributed by atoms with van der Waals surface area (Å²) in [6, 6.07) is 14.1. The van der Waals surface area contributed by atoms with Crippen LogP contribution in [-0.4, -0.2) is 54.7 Å². The number of rotatable bonds is 4. The average molecular weight is 351 g/mol. The summed E-state index contributed by atoms with van der Waals surface area (Å²) in [6.07, 6.45) is 3.02. The molecule has 2 aliphatic rings. The zero-order chi connectivity index (χ0) is 17.8. The fourth-order valence-electron chi connectivity index (χ4n) is 3.50. The van der Waals surface area contributed by atoms with Crippen molar-refractivity contribution < 1.29 is 4.74 Å². The lowest BCUT2D eigenvalue weighted by molar-refractivity contribution is 0.184. The van der Waals surface area contributed by atoms with Crippen LogP contribution in [0.25, 0.3) is 0 Å². The first kappa shape index (κ1) is 16.8. The molecule has 4 rings (SSSR count). The van der Waals surface area contributed by atoms with Gasteiger partial charge in [-0.2, -0.15) is 0 Å². The molecule has 1 atom stereocenters. The maximum absolute atomic E-state index is 5.82. The Morgan fingerprint density at radius 3 is 2.69 bits per heavy atom. The lowest BCUT2D eigenvalue weighted by Crippen LogP contribution is -2.50. The lowest BCUT2D eigenvalue weighted by Gasteiger charge is -2.38. The van der Waals surface area contributed by atoms with Crippen molar-refractivity contribution in [2.24, 2.45) is 4.99 Å². The van der Waals surface area contributed by atoms with Crippen LogP contribution >= 0.6 is 0 Å². The Bertz CT molecular complexity index is 756. The van der Waals surface area contributed by atoms with E-state index in [-0.39, 0.29) is 6.17 Å². The summed E-state index contributed by atoms with van der Waals surface area (Å²) < 4.78 is 5.82. The normalized spacial score (nSPS) is 20.2. The molecule has 0 bridgehead atoms. The van der Waals surface area contributed by atoms with Gasteiger partial charge in [-0.25, -0.2) is 9.98 Å². The number of anilines is 2. The van der Waals surface area contributed by atoms with E-state index in [0.717, 1.165) is 55.7 Å². The molecule has 26 heavy (non-hydrogen) atoms. The van der Waals surface area contributed by atoms with E-state index in [1.807, 2.05) is 42.6 Å². The number of benzene rings is 1. The molecule has 1 fully saturated rings. The molecule has 2 aromatic rings. The van der Waals surface area contributed by atoms with Gasteiger partial charge in [0.1, 0.15) is 30.2 Å². The van der Waals surface area contributed by atoms with Crippen molar-refractivity contribution in [3.63, 3.8) is 0 Å². The molecule has 1 unspecified atom stereocenters. The largest absolute Gasteiger partial charge is 0.484 e. The molecule has 1 aromatic heterocycles. The second-order valence-corrected chi connectivity index (χ2v) is 6.59. The molecule has 2 aliphatic heterocycles. The van der Waals surface area contributed by atoms with E-state index in [2.05, 4.69) is 33.1 Å². The third-order valence-electron chi connectivity index (χ3n) is 4.91. The maximum atomic E-state index is 5.82. The van der Waals surface area contributed by atoms with Gasteiger partial charge < -0.3 is 15.0 Å². The number of aliphatic imine (C=N–C) groups is 1. The first-order valence-electron chi connectivity index (χ1n) is 9.29. The van der Waals surface area contributed by atoms with Crippen LogP contribution < -0.4 is 15.0 Å². The van der Waals surface area contributed by atoms with Crippen LogP contribution in [0.15, 0.2) is 53.7 Å². The Morgan fingerprint density at radius 2 is 1.92 bits per heavy atom. The van der Waals surface area contributed by atoms with Gasteiger partial charge in [-0.3, -0.25) is 4.90 Å². The van der Waals surface area contributed by atoms with Gasteiger partial charge >= 0.3 is 0 Å². The van der Waals surface area contributed by atoms with Gasteiger partial charge in [0.25, 0.3) is 0 Å². The van der Waals surface area contributed by atoms with E-state index in [0.29, 0.717) is 6.61 Å². The van der Waals surface area contributed by atoms with Gasteiger partial charge in [0.2, 0.25) is 0 Å².